The summed E-state index contributed by atoms with van der Waals surface area (Å²) in [5.74, 6) is -0.0245. The summed E-state index contributed by atoms with van der Waals surface area (Å²) < 4.78 is 1.69. The minimum atomic E-state index is -0.743. The summed E-state index contributed by atoms with van der Waals surface area (Å²) in [5.41, 5.74) is 0.225. The summed E-state index contributed by atoms with van der Waals surface area (Å²) in [6.45, 7) is 3.59. The van der Waals surface area contributed by atoms with Gasteiger partial charge in [-0.05, 0) is 42.4 Å². The smallest absolute Gasteiger partial charge is 0.310 e. The van der Waals surface area contributed by atoms with E-state index in [2.05, 4.69) is 20.4 Å². The maximum absolute atomic E-state index is 11.3. The standard InChI is InChI=1S/C14H17N5O2/c1-14(13(20)21)7-8-18(10-14)9-12-15-16-17-19(12)11-5-3-2-4-6-11/h2-6H,7-10H2,1H3,(H,20,21). The predicted molar refractivity (Wildman–Crippen MR) is 74.8 cm³/mol. The van der Waals surface area contributed by atoms with Crippen molar-refractivity contribution in [3.63, 3.8) is 0 Å². The van der Waals surface area contributed by atoms with E-state index in [9.17, 15) is 9.90 Å². The van der Waals surface area contributed by atoms with Crippen molar-refractivity contribution in [2.24, 2.45) is 5.41 Å². The molecular formula is C14H17N5O2. The molecule has 110 valence electrons. The van der Waals surface area contributed by atoms with Gasteiger partial charge in [0, 0.05) is 6.54 Å². The molecule has 1 atom stereocenters. The quantitative estimate of drug-likeness (QED) is 0.901. The van der Waals surface area contributed by atoms with Crippen LogP contribution in [0, 0.1) is 5.41 Å². The number of rotatable bonds is 4. The lowest BCUT2D eigenvalue weighted by Gasteiger charge is -2.19. The normalized spacial score (nSPS) is 22.5. The number of aliphatic carboxylic acids is 1. The number of benzene rings is 1. The van der Waals surface area contributed by atoms with Gasteiger partial charge in [0.1, 0.15) is 0 Å². The topological polar surface area (TPSA) is 84.1 Å². The number of likely N-dealkylation sites (tertiary alicyclic amines) is 1. The number of hydrogen-bond acceptors (Lipinski definition) is 5. The van der Waals surface area contributed by atoms with Gasteiger partial charge in [0.15, 0.2) is 5.82 Å². The molecule has 1 fully saturated rings. The Labute approximate surface area is 122 Å². The molecule has 0 bridgehead atoms. The first-order chi connectivity index (χ1) is 10.1. The van der Waals surface area contributed by atoms with Gasteiger partial charge in [0.2, 0.25) is 0 Å². The number of hydrogen-bond donors (Lipinski definition) is 1. The van der Waals surface area contributed by atoms with Crippen LogP contribution >= 0.6 is 0 Å². The van der Waals surface area contributed by atoms with Crippen LogP contribution in [0.1, 0.15) is 19.2 Å². The van der Waals surface area contributed by atoms with Crippen LogP contribution in [0.25, 0.3) is 5.69 Å². The molecule has 1 aliphatic heterocycles. The zero-order valence-corrected chi connectivity index (χ0v) is 11.8. The molecule has 1 aromatic heterocycles. The molecule has 0 radical (unpaired) electrons. The number of aromatic nitrogens is 4. The highest BCUT2D eigenvalue weighted by Gasteiger charge is 2.40. The monoisotopic (exact) mass is 287 g/mol. The Morgan fingerprint density at radius 3 is 2.81 bits per heavy atom. The summed E-state index contributed by atoms with van der Waals surface area (Å²) in [4.78, 5) is 13.4. The molecule has 0 amide bonds. The molecule has 3 rings (SSSR count). The highest BCUT2D eigenvalue weighted by molar-refractivity contribution is 5.74. The van der Waals surface area contributed by atoms with Gasteiger partial charge in [-0.25, -0.2) is 0 Å². The third-order valence-electron chi connectivity index (χ3n) is 3.97. The summed E-state index contributed by atoms with van der Waals surface area (Å²) in [7, 11) is 0. The van der Waals surface area contributed by atoms with Gasteiger partial charge >= 0.3 is 5.97 Å². The van der Waals surface area contributed by atoms with Gasteiger partial charge in [0.25, 0.3) is 0 Å². The summed E-state index contributed by atoms with van der Waals surface area (Å²) >= 11 is 0. The first-order valence-electron chi connectivity index (χ1n) is 6.87. The SMILES string of the molecule is CC1(C(=O)O)CCN(Cc2nnnn2-c2ccccc2)C1. The molecule has 1 unspecified atom stereocenters. The molecule has 7 heteroatoms. The maximum Gasteiger partial charge on any atom is 0.310 e. The van der Waals surface area contributed by atoms with E-state index in [0.29, 0.717) is 19.5 Å². The van der Waals surface area contributed by atoms with Gasteiger partial charge in [0.05, 0.1) is 17.6 Å². The Morgan fingerprint density at radius 1 is 1.38 bits per heavy atom. The van der Waals surface area contributed by atoms with Gasteiger partial charge in [-0.1, -0.05) is 18.2 Å². The van der Waals surface area contributed by atoms with E-state index in [4.69, 9.17) is 0 Å². The first-order valence-corrected chi connectivity index (χ1v) is 6.87. The summed E-state index contributed by atoms with van der Waals surface area (Å²) in [5, 5.41) is 21.1. The lowest BCUT2D eigenvalue weighted by atomic mass is 9.90. The lowest BCUT2D eigenvalue weighted by molar-refractivity contribution is -0.147. The van der Waals surface area contributed by atoms with Crippen molar-refractivity contribution in [1.82, 2.24) is 25.1 Å². The fourth-order valence-corrected chi connectivity index (χ4v) is 2.64. The molecule has 1 saturated heterocycles. The number of nitrogens with zero attached hydrogens (tertiary/aromatic N) is 5. The molecule has 0 aliphatic carbocycles. The molecule has 1 aliphatic rings. The van der Waals surface area contributed by atoms with E-state index >= 15 is 0 Å². The number of tetrazole rings is 1. The van der Waals surface area contributed by atoms with Crippen LogP contribution in [0.3, 0.4) is 0 Å². The van der Waals surface area contributed by atoms with E-state index in [-0.39, 0.29) is 0 Å². The van der Waals surface area contributed by atoms with Crippen molar-refractivity contribution in [2.45, 2.75) is 19.9 Å². The molecule has 2 aromatic rings. The summed E-state index contributed by atoms with van der Waals surface area (Å²) in [6.07, 6.45) is 0.648. The van der Waals surface area contributed by atoms with Gasteiger partial charge < -0.3 is 5.11 Å². The lowest BCUT2D eigenvalue weighted by Crippen LogP contribution is -2.32. The maximum atomic E-state index is 11.3. The Kier molecular flexibility index (Phi) is 3.42. The predicted octanol–water partition coefficient (Wildman–Crippen LogP) is 0.959. The van der Waals surface area contributed by atoms with Crippen LogP contribution in [0.15, 0.2) is 30.3 Å². The fraction of sp³-hybridized carbons (Fsp3) is 0.429. The minimum Gasteiger partial charge on any atom is -0.481 e. The average molecular weight is 287 g/mol. The molecule has 7 nitrogen and oxygen atoms in total. The van der Waals surface area contributed by atoms with Crippen molar-refractivity contribution in [3.8, 4) is 5.69 Å². The van der Waals surface area contributed by atoms with Crippen LogP contribution in [0.4, 0.5) is 0 Å². The third-order valence-corrected chi connectivity index (χ3v) is 3.97. The molecular weight excluding hydrogens is 270 g/mol. The van der Waals surface area contributed by atoms with E-state index in [1.807, 2.05) is 30.3 Å². The van der Waals surface area contributed by atoms with Crippen molar-refractivity contribution in [3.05, 3.63) is 36.2 Å². The highest BCUT2D eigenvalue weighted by Crippen LogP contribution is 2.30. The molecule has 2 heterocycles. The molecule has 0 saturated carbocycles. The largest absolute Gasteiger partial charge is 0.481 e. The van der Waals surface area contributed by atoms with Gasteiger partial charge in [-0.2, -0.15) is 4.68 Å². The number of para-hydroxylation sites is 1. The molecule has 0 spiro atoms. The Balaban J connectivity index is 1.76. The molecule has 21 heavy (non-hydrogen) atoms. The second-order valence-electron chi connectivity index (χ2n) is 5.67. The van der Waals surface area contributed by atoms with Crippen molar-refractivity contribution >= 4 is 5.97 Å². The van der Waals surface area contributed by atoms with Crippen LogP contribution in [-0.4, -0.2) is 49.3 Å². The second-order valence-corrected chi connectivity index (χ2v) is 5.67. The molecule has 1 N–H and O–H groups in total. The van der Waals surface area contributed by atoms with Gasteiger partial charge in [-0.3, -0.25) is 9.69 Å². The second kappa shape index (κ2) is 5.25. The zero-order valence-electron chi connectivity index (χ0n) is 11.8. The molecule has 1 aromatic carbocycles. The number of carboxylic acid groups (broad SMARTS) is 1. The highest BCUT2D eigenvalue weighted by atomic mass is 16.4. The van der Waals surface area contributed by atoms with Crippen LogP contribution in [0.2, 0.25) is 0 Å². The van der Waals surface area contributed by atoms with Crippen molar-refractivity contribution < 1.29 is 9.90 Å². The Hall–Kier alpha value is -2.28. The zero-order chi connectivity index (χ0) is 14.9. The van der Waals surface area contributed by atoms with E-state index in [1.54, 1.807) is 11.6 Å². The van der Waals surface area contributed by atoms with Crippen LogP contribution in [0.5, 0.6) is 0 Å². The fourth-order valence-electron chi connectivity index (χ4n) is 2.64. The number of carbonyl (C=O) groups is 1. The van der Waals surface area contributed by atoms with Crippen molar-refractivity contribution in [2.75, 3.05) is 13.1 Å². The van der Waals surface area contributed by atoms with Gasteiger partial charge in [-0.15, -0.1) is 5.10 Å². The Bertz CT molecular complexity index is 642. The number of carboxylic acids is 1. The van der Waals surface area contributed by atoms with Crippen LogP contribution in [-0.2, 0) is 11.3 Å². The van der Waals surface area contributed by atoms with Crippen molar-refractivity contribution in [1.29, 1.82) is 0 Å². The average Bonchev–Trinajstić information content (AvgIpc) is 3.08. The van der Waals surface area contributed by atoms with E-state index < -0.39 is 11.4 Å². The Morgan fingerprint density at radius 2 is 2.14 bits per heavy atom. The first kappa shape index (κ1) is 13.7. The summed E-state index contributed by atoms with van der Waals surface area (Å²) in [6, 6.07) is 9.67. The van der Waals surface area contributed by atoms with E-state index in [0.717, 1.165) is 18.1 Å². The van der Waals surface area contributed by atoms with E-state index in [1.165, 1.54) is 0 Å². The third kappa shape index (κ3) is 2.64. The van der Waals surface area contributed by atoms with Crippen LogP contribution < -0.4 is 0 Å². The minimum absolute atomic E-state index is 0.518.